The van der Waals surface area contributed by atoms with Gasteiger partial charge in [-0.25, -0.2) is 0 Å². The highest BCUT2D eigenvalue weighted by Crippen LogP contribution is 2.26. The van der Waals surface area contributed by atoms with Crippen LogP contribution in [0.3, 0.4) is 0 Å². The van der Waals surface area contributed by atoms with E-state index in [0.717, 1.165) is 10.7 Å². The highest BCUT2D eigenvalue weighted by Gasteiger charge is 2.37. The number of alkyl halides is 3. The van der Waals surface area contributed by atoms with E-state index in [4.69, 9.17) is 5.73 Å². The van der Waals surface area contributed by atoms with Crippen LogP contribution in [0.2, 0.25) is 0 Å². The summed E-state index contributed by atoms with van der Waals surface area (Å²) in [6, 6.07) is -0.426. The lowest BCUT2D eigenvalue weighted by atomic mass is 9.90. The van der Waals surface area contributed by atoms with Crippen LogP contribution >= 0.6 is 0 Å². The minimum absolute atomic E-state index is 0.115. The average molecular weight is 303 g/mol. The van der Waals surface area contributed by atoms with Gasteiger partial charge in [0.15, 0.2) is 0 Å². The van der Waals surface area contributed by atoms with Gasteiger partial charge in [-0.15, -0.1) is 0 Å². The molecule has 1 fully saturated rings. The number of rotatable bonds is 5. The van der Waals surface area contributed by atoms with Crippen LogP contribution in [0, 0.1) is 5.92 Å². The van der Waals surface area contributed by atoms with Gasteiger partial charge < -0.3 is 5.73 Å². The molecule has 0 aromatic heterocycles. The van der Waals surface area contributed by atoms with Crippen LogP contribution in [-0.4, -0.2) is 44.6 Å². The summed E-state index contributed by atoms with van der Waals surface area (Å²) >= 11 is 0. The highest BCUT2D eigenvalue weighted by atomic mass is 32.2. The summed E-state index contributed by atoms with van der Waals surface area (Å²) in [5.41, 5.74) is 5.53. The third kappa shape index (κ3) is 4.90. The van der Waals surface area contributed by atoms with Crippen LogP contribution < -0.4 is 10.5 Å². The van der Waals surface area contributed by atoms with E-state index in [1.165, 1.54) is 0 Å². The Morgan fingerprint density at radius 2 is 2.05 bits per heavy atom. The fraction of sp³-hybridized carbons (Fsp3) is 1.00. The molecule has 1 rings (SSSR count). The molecule has 0 aromatic carbocycles. The quantitative estimate of drug-likeness (QED) is 0.790. The van der Waals surface area contributed by atoms with Crippen molar-refractivity contribution in [3.8, 4) is 0 Å². The van der Waals surface area contributed by atoms with Gasteiger partial charge in [0.1, 0.15) is 6.54 Å². The molecule has 1 aliphatic rings. The molecule has 5 nitrogen and oxygen atoms in total. The molecule has 0 saturated carbocycles. The topological polar surface area (TPSA) is 75.4 Å². The van der Waals surface area contributed by atoms with Gasteiger partial charge in [-0.2, -0.15) is 30.6 Å². The SMILES string of the molecule is CCC1CCN(S(=O)(=O)NCC(F)(F)F)C(CN)C1. The van der Waals surface area contributed by atoms with Crippen molar-refractivity contribution in [2.45, 2.75) is 38.4 Å². The van der Waals surface area contributed by atoms with Gasteiger partial charge in [-0.3, -0.25) is 0 Å². The van der Waals surface area contributed by atoms with Crippen LogP contribution in [0.25, 0.3) is 0 Å². The first-order chi connectivity index (χ1) is 8.69. The predicted octanol–water partition coefficient (Wildman–Crippen LogP) is 0.832. The van der Waals surface area contributed by atoms with E-state index in [-0.39, 0.29) is 13.1 Å². The summed E-state index contributed by atoms with van der Waals surface area (Å²) in [4.78, 5) is 0. The Morgan fingerprint density at radius 3 is 2.53 bits per heavy atom. The van der Waals surface area contributed by atoms with E-state index in [2.05, 4.69) is 0 Å². The van der Waals surface area contributed by atoms with E-state index in [0.29, 0.717) is 18.8 Å². The summed E-state index contributed by atoms with van der Waals surface area (Å²) in [5, 5.41) is 0. The second-order valence-corrected chi connectivity index (χ2v) is 6.45. The zero-order valence-corrected chi connectivity index (χ0v) is 11.6. The molecule has 1 heterocycles. The first-order valence-corrected chi connectivity index (χ1v) is 7.67. The van der Waals surface area contributed by atoms with Gasteiger partial charge in [0.25, 0.3) is 10.2 Å². The van der Waals surface area contributed by atoms with Gasteiger partial charge in [0.05, 0.1) is 0 Å². The Kier molecular flexibility index (Phi) is 5.60. The predicted molar refractivity (Wildman–Crippen MR) is 65.5 cm³/mol. The molecule has 0 spiro atoms. The second-order valence-electron chi connectivity index (χ2n) is 4.74. The van der Waals surface area contributed by atoms with Gasteiger partial charge in [0, 0.05) is 19.1 Å². The maximum absolute atomic E-state index is 12.1. The van der Waals surface area contributed by atoms with E-state index in [9.17, 15) is 21.6 Å². The Labute approximate surface area is 111 Å². The first kappa shape index (κ1) is 16.7. The number of nitrogens with one attached hydrogen (secondary N) is 1. The molecule has 1 saturated heterocycles. The van der Waals surface area contributed by atoms with Crippen LogP contribution in [0.4, 0.5) is 13.2 Å². The summed E-state index contributed by atoms with van der Waals surface area (Å²) < 4.78 is 62.6. The maximum atomic E-state index is 12.1. The highest BCUT2D eigenvalue weighted by molar-refractivity contribution is 7.87. The molecule has 114 valence electrons. The molecule has 0 amide bonds. The van der Waals surface area contributed by atoms with Crippen molar-refractivity contribution in [3.05, 3.63) is 0 Å². The fourth-order valence-electron chi connectivity index (χ4n) is 2.27. The molecule has 19 heavy (non-hydrogen) atoms. The lowest BCUT2D eigenvalue weighted by molar-refractivity contribution is -0.121. The smallest absolute Gasteiger partial charge is 0.329 e. The molecule has 1 aliphatic heterocycles. The van der Waals surface area contributed by atoms with E-state index in [1.54, 1.807) is 4.72 Å². The van der Waals surface area contributed by atoms with Crippen LogP contribution in [-0.2, 0) is 10.2 Å². The molecular weight excluding hydrogens is 283 g/mol. The Morgan fingerprint density at radius 1 is 1.42 bits per heavy atom. The number of hydrogen-bond donors (Lipinski definition) is 2. The zero-order chi connectivity index (χ0) is 14.7. The molecule has 2 atom stereocenters. The number of nitrogens with two attached hydrogens (primary N) is 1. The summed E-state index contributed by atoms with van der Waals surface area (Å²) in [6.07, 6.45) is -2.40. The van der Waals surface area contributed by atoms with Crippen LogP contribution in [0.1, 0.15) is 26.2 Å². The summed E-state index contributed by atoms with van der Waals surface area (Å²) in [6.45, 7) is 0.779. The van der Waals surface area contributed by atoms with Crippen LogP contribution in [0.5, 0.6) is 0 Å². The third-order valence-electron chi connectivity index (χ3n) is 3.38. The normalized spacial score (nSPS) is 26.6. The van der Waals surface area contributed by atoms with Gasteiger partial charge in [-0.1, -0.05) is 13.3 Å². The van der Waals surface area contributed by atoms with Crippen molar-refractivity contribution in [1.29, 1.82) is 0 Å². The van der Waals surface area contributed by atoms with Crippen molar-refractivity contribution in [1.82, 2.24) is 9.03 Å². The fourth-order valence-corrected chi connectivity index (χ4v) is 3.69. The molecule has 0 bridgehead atoms. The molecule has 0 aliphatic carbocycles. The lowest BCUT2D eigenvalue weighted by Gasteiger charge is -2.37. The Balaban J connectivity index is 2.71. The Hall–Kier alpha value is -0.380. The van der Waals surface area contributed by atoms with Crippen molar-refractivity contribution in [3.63, 3.8) is 0 Å². The molecule has 2 unspecified atom stereocenters. The van der Waals surface area contributed by atoms with Gasteiger partial charge >= 0.3 is 6.18 Å². The largest absolute Gasteiger partial charge is 0.402 e. The number of hydrogen-bond acceptors (Lipinski definition) is 3. The first-order valence-electron chi connectivity index (χ1n) is 6.23. The third-order valence-corrected chi connectivity index (χ3v) is 4.99. The molecule has 0 radical (unpaired) electrons. The van der Waals surface area contributed by atoms with Crippen LogP contribution in [0.15, 0.2) is 0 Å². The summed E-state index contributed by atoms with van der Waals surface area (Å²) in [5.74, 6) is 0.377. The molecule has 9 heteroatoms. The Bertz CT molecular complexity index is 386. The average Bonchev–Trinajstić information content (AvgIpc) is 2.35. The monoisotopic (exact) mass is 303 g/mol. The lowest BCUT2D eigenvalue weighted by Crippen LogP contribution is -2.54. The minimum atomic E-state index is -4.56. The molecular formula is C10H20F3N3O2S. The summed E-state index contributed by atoms with van der Waals surface area (Å²) in [7, 11) is -4.13. The van der Waals surface area contributed by atoms with Crippen molar-refractivity contribution >= 4 is 10.2 Å². The van der Waals surface area contributed by atoms with Crippen molar-refractivity contribution in [2.24, 2.45) is 11.7 Å². The molecule has 0 aromatic rings. The number of nitrogens with zero attached hydrogens (tertiary/aromatic N) is 1. The number of piperidine rings is 1. The van der Waals surface area contributed by atoms with Crippen molar-refractivity contribution < 1.29 is 21.6 Å². The maximum Gasteiger partial charge on any atom is 0.402 e. The number of halogens is 3. The zero-order valence-electron chi connectivity index (χ0n) is 10.8. The van der Waals surface area contributed by atoms with E-state index < -0.39 is 29.0 Å². The standard InChI is InChI=1S/C10H20F3N3O2S/c1-2-8-3-4-16(9(5-8)6-14)19(17,18)15-7-10(11,12)13/h8-9,15H,2-7,14H2,1H3. The van der Waals surface area contributed by atoms with Gasteiger partial charge in [0.2, 0.25) is 0 Å². The van der Waals surface area contributed by atoms with E-state index >= 15 is 0 Å². The van der Waals surface area contributed by atoms with Crippen molar-refractivity contribution in [2.75, 3.05) is 19.6 Å². The minimum Gasteiger partial charge on any atom is -0.329 e. The molecule has 3 N–H and O–H groups in total. The van der Waals surface area contributed by atoms with E-state index in [1.807, 2.05) is 6.92 Å². The second kappa shape index (κ2) is 6.38. The van der Waals surface area contributed by atoms with Gasteiger partial charge in [-0.05, 0) is 18.8 Å².